The van der Waals surface area contributed by atoms with Crippen molar-refractivity contribution in [2.75, 3.05) is 5.32 Å². The summed E-state index contributed by atoms with van der Waals surface area (Å²) in [4.78, 5) is 9.95. The van der Waals surface area contributed by atoms with Crippen LogP contribution >= 0.6 is 47.8 Å². The summed E-state index contributed by atoms with van der Waals surface area (Å²) >= 11 is 7.76. The third kappa shape index (κ3) is 4.99. The molecule has 0 bridgehead atoms. The van der Waals surface area contributed by atoms with E-state index in [4.69, 9.17) is 21.8 Å². The van der Waals surface area contributed by atoms with Crippen LogP contribution < -0.4 is 11.1 Å². The van der Waals surface area contributed by atoms with Gasteiger partial charge < -0.3 is 15.5 Å². The highest BCUT2D eigenvalue weighted by atomic mass is 35.5. The molecule has 3 rings (SSSR count). The van der Waals surface area contributed by atoms with E-state index < -0.39 is 0 Å². The number of rotatable bonds is 5. The number of furan rings is 1. The summed E-state index contributed by atoms with van der Waals surface area (Å²) in [5.41, 5.74) is 7.96. The molecule has 0 aromatic carbocycles. The lowest BCUT2D eigenvalue weighted by Crippen LogP contribution is -2.17. The topological polar surface area (TPSA) is 77.0 Å². The zero-order chi connectivity index (χ0) is 16.6. The third-order valence-electron chi connectivity index (χ3n) is 3.57. The maximum absolute atomic E-state index is 6.09. The van der Waals surface area contributed by atoms with Gasteiger partial charge in [-0.15, -0.1) is 36.2 Å². The molecule has 3 aromatic rings. The summed E-state index contributed by atoms with van der Waals surface area (Å²) < 4.78 is 6.58. The molecular formula is C16H21Cl3N4OS. The number of nitrogens with two attached hydrogens (primary N) is 1. The van der Waals surface area contributed by atoms with Crippen molar-refractivity contribution in [3.8, 4) is 0 Å². The van der Waals surface area contributed by atoms with Crippen LogP contribution in [0.4, 0.5) is 5.82 Å². The number of nitrogens with zero attached hydrogens (tertiary/aromatic N) is 2. The van der Waals surface area contributed by atoms with Crippen LogP contribution in [-0.4, -0.2) is 16.0 Å². The highest BCUT2D eigenvalue weighted by Crippen LogP contribution is 2.35. The molecular weight excluding hydrogens is 403 g/mol. The molecule has 5 nitrogen and oxygen atoms in total. The van der Waals surface area contributed by atoms with Crippen LogP contribution in [0.15, 0.2) is 16.5 Å². The largest absolute Gasteiger partial charge is 0.465 e. The molecule has 3 N–H and O–H groups in total. The first-order valence-corrected chi connectivity index (χ1v) is 8.63. The average Bonchev–Trinajstić information content (AvgIpc) is 3.02. The monoisotopic (exact) mass is 422 g/mol. The van der Waals surface area contributed by atoms with Gasteiger partial charge in [0.15, 0.2) is 0 Å². The number of hydrogen-bond donors (Lipinski definition) is 2. The quantitative estimate of drug-likeness (QED) is 0.571. The number of aromatic nitrogens is 2. The van der Waals surface area contributed by atoms with Crippen molar-refractivity contribution in [2.24, 2.45) is 5.73 Å². The number of aryl methyl sites for hydroxylation is 2. The van der Waals surface area contributed by atoms with Crippen molar-refractivity contribution in [3.63, 3.8) is 0 Å². The predicted molar refractivity (Wildman–Crippen MR) is 110 cm³/mol. The lowest BCUT2D eigenvalue weighted by molar-refractivity contribution is 0.490. The van der Waals surface area contributed by atoms with Crippen LogP contribution in [-0.2, 0) is 13.0 Å². The number of thiophene rings is 1. The summed E-state index contributed by atoms with van der Waals surface area (Å²) in [6, 6.07) is 3.99. The highest BCUT2D eigenvalue weighted by Gasteiger charge is 2.16. The molecule has 0 radical (unpaired) electrons. The van der Waals surface area contributed by atoms with Crippen LogP contribution in [0.25, 0.3) is 10.2 Å². The second-order valence-corrected chi connectivity index (χ2v) is 7.16. The first kappa shape index (κ1) is 22.0. The second-order valence-electron chi connectivity index (χ2n) is 5.72. The first-order chi connectivity index (χ1) is 10.9. The Morgan fingerprint density at radius 2 is 2.00 bits per heavy atom. The van der Waals surface area contributed by atoms with Crippen molar-refractivity contribution in [1.29, 1.82) is 0 Å². The van der Waals surface area contributed by atoms with Gasteiger partial charge in [0.25, 0.3) is 0 Å². The lowest BCUT2D eigenvalue weighted by Gasteiger charge is -2.05. The van der Waals surface area contributed by atoms with Crippen molar-refractivity contribution in [1.82, 2.24) is 9.97 Å². The zero-order valence-electron chi connectivity index (χ0n) is 14.1. The first-order valence-electron chi connectivity index (χ1n) is 7.44. The van der Waals surface area contributed by atoms with Crippen LogP contribution in [0, 0.1) is 13.8 Å². The van der Waals surface area contributed by atoms with E-state index >= 15 is 0 Å². The Hall–Kier alpha value is -1.05. The predicted octanol–water partition coefficient (Wildman–Crippen LogP) is 4.90. The fourth-order valence-corrected chi connectivity index (χ4v) is 3.99. The highest BCUT2D eigenvalue weighted by molar-refractivity contribution is 7.19. The maximum Gasteiger partial charge on any atom is 0.224 e. The zero-order valence-corrected chi connectivity index (χ0v) is 17.3. The van der Waals surface area contributed by atoms with Gasteiger partial charge >= 0.3 is 0 Å². The van der Waals surface area contributed by atoms with E-state index in [0.717, 1.165) is 39.5 Å². The van der Waals surface area contributed by atoms with E-state index in [1.807, 2.05) is 26.0 Å². The van der Waals surface area contributed by atoms with Gasteiger partial charge in [0.2, 0.25) is 5.28 Å². The number of hydrogen-bond acceptors (Lipinski definition) is 6. The standard InChI is InChI=1S/C16H19ClN4OS.2ClH/c1-8(18)6-12-10(3)13-14(23-12)15(21-16(17)20-13)19-7-11-5-4-9(2)22-11;;/h4-5,8H,6-7,18H2,1-3H3,(H,19,20,21);2*1H. The fraction of sp³-hybridized carbons (Fsp3) is 0.375. The van der Waals surface area contributed by atoms with Crippen LogP contribution in [0.3, 0.4) is 0 Å². The smallest absolute Gasteiger partial charge is 0.224 e. The molecule has 0 fully saturated rings. The van der Waals surface area contributed by atoms with Gasteiger partial charge in [-0.05, 0) is 56.5 Å². The van der Waals surface area contributed by atoms with E-state index in [2.05, 4.69) is 22.2 Å². The maximum atomic E-state index is 6.09. The van der Waals surface area contributed by atoms with Crippen LogP contribution in [0.5, 0.6) is 0 Å². The molecule has 1 atom stereocenters. The molecule has 9 heteroatoms. The summed E-state index contributed by atoms with van der Waals surface area (Å²) in [5, 5.41) is 3.54. The van der Waals surface area contributed by atoms with Gasteiger partial charge in [-0.1, -0.05) is 0 Å². The molecule has 0 saturated carbocycles. The lowest BCUT2D eigenvalue weighted by atomic mass is 10.1. The minimum atomic E-state index is 0. The normalized spacial score (nSPS) is 11.7. The van der Waals surface area contributed by atoms with Gasteiger partial charge in [-0.25, -0.2) is 4.98 Å². The molecule has 0 aliphatic rings. The third-order valence-corrected chi connectivity index (χ3v) is 5.05. The van der Waals surface area contributed by atoms with E-state index in [1.165, 1.54) is 4.88 Å². The molecule has 0 saturated heterocycles. The number of anilines is 1. The minimum absolute atomic E-state index is 0. The Labute approximate surface area is 168 Å². The minimum Gasteiger partial charge on any atom is -0.465 e. The summed E-state index contributed by atoms with van der Waals surface area (Å²) in [7, 11) is 0. The summed E-state index contributed by atoms with van der Waals surface area (Å²) in [6.07, 6.45) is 0.821. The average molecular weight is 424 g/mol. The Bertz CT molecular complexity index is 847. The van der Waals surface area contributed by atoms with E-state index in [0.29, 0.717) is 6.54 Å². The van der Waals surface area contributed by atoms with Crippen molar-refractivity contribution in [3.05, 3.63) is 39.4 Å². The van der Waals surface area contributed by atoms with Crippen molar-refractivity contribution in [2.45, 2.75) is 39.8 Å². The molecule has 3 aromatic heterocycles. The fourth-order valence-electron chi connectivity index (χ4n) is 2.46. The number of nitrogens with one attached hydrogen (secondary N) is 1. The number of fused-ring (bicyclic) bond motifs is 1. The molecule has 25 heavy (non-hydrogen) atoms. The van der Waals surface area contributed by atoms with Crippen molar-refractivity contribution < 1.29 is 4.42 Å². The molecule has 1 unspecified atom stereocenters. The van der Waals surface area contributed by atoms with Gasteiger partial charge in [0, 0.05) is 10.9 Å². The summed E-state index contributed by atoms with van der Waals surface area (Å²) in [5.74, 6) is 2.48. The molecule has 138 valence electrons. The van der Waals surface area contributed by atoms with Crippen LogP contribution in [0.2, 0.25) is 5.28 Å². The van der Waals surface area contributed by atoms with Crippen LogP contribution in [0.1, 0.15) is 28.9 Å². The van der Waals surface area contributed by atoms with E-state index in [-0.39, 0.29) is 36.1 Å². The molecule has 0 aliphatic heterocycles. The SMILES string of the molecule is Cc1ccc(CNc2nc(Cl)nc3c(C)c(CC(C)N)sc23)o1.Cl.Cl. The van der Waals surface area contributed by atoms with E-state index in [1.54, 1.807) is 11.3 Å². The number of halogens is 3. The molecule has 0 aliphatic carbocycles. The Morgan fingerprint density at radius 1 is 1.28 bits per heavy atom. The molecule has 0 spiro atoms. The Morgan fingerprint density at radius 3 is 2.60 bits per heavy atom. The van der Waals surface area contributed by atoms with Gasteiger partial charge in [0.1, 0.15) is 17.3 Å². The van der Waals surface area contributed by atoms with E-state index in [9.17, 15) is 0 Å². The van der Waals surface area contributed by atoms with Crippen molar-refractivity contribution >= 4 is 63.8 Å². The molecule has 3 heterocycles. The second kappa shape index (κ2) is 9.05. The summed E-state index contributed by atoms with van der Waals surface area (Å²) in [6.45, 7) is 6.53. The van der Waals surface area contributed by atoms with Gasteiger partial charge in [0.05, 0.1) is 16.8 Å². The Kier molecular flexibility index (Phi) is 7.96. The Balaban J connectivity index is 0.00000156. The van der Waals surface area contributed by atoms with Gasteiger partial charge in [-0.2, -0.15) is 4.98 Å². The van der Waals surface area contributed by atoms with Gasteiger partial charge in [-0.3, -0.25) is 0 Å². The molecule has 0 amide bonds.